The van der Waals surface area contributed by atoms with E-state index in [1.807, 2.05) is 0 Å². The Hall–Kier alpha value is -1.14. The molecule has 0 saturated carbocycles. The molecule has 1 aromatic rings. The van der Waals surface area contributed by atoms with Gasteiger partial charge in [0.1, 0.15) is 6.04 Å². The molecule has 100 valence electrons. The van der Waals surface area contributed by atoms with Crippen LogP contribution in [0.15, 0.2) is 5.38 Å². The van der Waals surface area contributed by atoms with Crippen LogP contribution >= 0.6 is 11.3 Å². The first-order valence-corrected chi connectivity index (χ1v) is 7.18. The van der Waals surface area contributed by atoms with Crippen molar-refractivity contribution in [1.82, 2.24) is 4.98 Å². The van der Waals surface area contributed by atoms with Gasteiger partial charge in [0.15, 0.2) is 5.13 Å². The SMILES string of the molecule is CCCC1CCN(c2nc(C(N)C(=O)O)cs2)C1. The third kappa shape index (κ3) is 2.81. The Bertz CT molecular complexity index is 421. The van der Waals surface area contributed by atoms with Gasteiger partial charge in [-0.3, -0.25) is 4.79 Å². The van der Waals surface area contributed by atoms with Crippen LogP contribution in [0.25, 0.3) is 0 Å². The van der Waals surface area contributed by atoms with Gasteiger partial charge >= 0.3 is 5.97 Å². The minimum atomic E-state index is -1.03. The second-order valence-electron chi connectivity index (χ2n) is 4.76. The fourth-order valence-corrected chi connectivity index (χ4v) is 3.24. The van der Waals surface area contributed by atoms with Gasteiger partial charge < -0.3 is 15.7 Å². The van der Waals surface area contributed by atoms with Crippen LogP contribution in [0.1, 0.15) is 37.9 Å². The lowest BCUT2D eigenvalue weighted by Crippen LogP contribution is -2.22. The zero-order valence-electron chi connectivity index (χ0n) is 10.5. The summed E-state index contributed by atoms with van der Waals surface area (Å²) in [6, 6.07) is -1.01. The van der Waals surface area contributed by atoms with Crippen LogP contribution in [-0.2, 0) is 4.79 Å². The maximum Gasteiger partial charge on any atom is 0.326 e. The van der Waals surface area contributed by atoms with E-state index in [-0.39, 0.29) is 0 Å². The third-order valence-corrected chi connectivity index (χ3v) is 4.27. The van der Waals surface area contributed by atoms with Crippen molar-refractivity contribution in [1.29, 1.82) is 0 Å². The summed E-state index contributed by atoms with van der Waals surface area (Å²) in [6.07, 6.45) is 3.67. The lowest BCUT2D eigenvalue weighted by Gasteiger charge is -2.14. The van der Waals surface area contributed by atoms with Crippen LogP contribution in [0.5, 0.6) is 0 Å². The number of carboxylic acids is 1. The van der Waals surface area contributed by atoms with Crippen molar-refractivity contribution >= 4 is 22.4 Å². The minimum absolute atomic E-state index is 0.460. The van der Waals surface area contributed by atoms with E-state index < -0.39 is 12.0 Å². The summed E-state index contributed by atoms with van der Waals surface area (Å²) in [6.45, 7) is 4.25. The topological polar surface area (TPSA) is 79.5 Å². The Labute approximate surface area is 111 Å². The summed E-state index contributed by atoms with van der Waals surface area (Å²) in [4.78, 5) is 17.4. The van der Waals surface area contributed by atoms with Crippen molar-refractivity contribution in [2.75, 3.05) is 18.0 Å². The highest BCUT2D eigenvalue weighted by Gasteiger charge is 2.25. The van der Waals surface area contributed by atoms with Gasteiger partial charge in [-0.25, -0.2) is 4.98 Å². The molecule has 1 aliphatic rings. The van der Waals surface area contributed by atoms with Crippen LogP contribution in [0.3, 0.4) is 0 Å². The molecule has 1 fully saturated rings. The van der Waals surface area contributed by atoms with Crippen molar-refractivity contribution < 1.29 is 9.90 Å². The fraction of sp³-hybridized carbons (Fsp3) is 0.667. The van der Waals surface area contributed by atoms with Crippen molar-refractivity contribution in [3.05, 3.63) is 11.1 Å². The van der Waals surface area contributed by atoms with Crippen molar-refractivity contribution in [3.8, 4) is 0 Å². The number of anilines is 1. The standard InChI is InChI=1S/C12H19N3O2S/c1-2-3-8-4-5-15(6-8)12-14-9(7-18-12)10(13)11(16)17/h7-8,10H,2-6,13H2,1H3,(H,16,17). The lowest BCUT2D eigenvalue weighted by molar-refractivity contribution is -0.138. The summed E-state index contributed by atoms with van der Waals surface area (Å²) < 4.78 is 0. The first kappa shape index (κ1) is 13.3. The van der Waals surface area contributed by atoms with Gasteiger partial charge in [-0.15, -0.1) is 11.3 Å². The number of carbonyl (C=O) groups is 1. The van der Waals surface area contributed by atoms with Gasteiger partial charge in [-0.1, -0.05) is 13.3 Å². The maximum atomic E-state index is 10.8. The van der Waals surface area contributed by atoms with E-state index in [9.17, 15) is 4.79 Å². The zero-order valence-corrected chi connectivity index (χ0v) is 11.3. The van der Waals surface area contributed by atoms with E-state index in [0.717, 1.165) is 24.1 Å². The average Bonchev–Trinajstić information content (AvgIpc) is 2.96. The van der Waals surface area contributed by atoms with Crippen molar-refractivity contribution in [2.45, 2.75) is 32.2 Å². The molecular formula is C12H19N3O2S. The predicted octanol–water partition coefficient (Wildman–Crippen LogP) is 1.85. The molecule has 1 aliphatic heterocycles. The molecule has 2 atom stereocenters. The molecule has 5 nitrogen and oxygen atoms in total. The number of nitrogens with two attached hydrogens (primary N) is 1. The zero-order chi connectivity index (χ0) is 13.1. The molecule has 0 radical (unpaired) electrons. The number of aliphatic carboxylic acids is 1. The smallest absolute Gasteiger partial charge is 0.326 e. The van der Waals surface area contributed by atoms with Gasteiger partial charge in [0.05, 0.1) is 5.69 Å². The summed E-state index contributed by atoms with van der Waals surface area (Å²) in [5, 5.41) is 11.5. The second kappa shape index (κ2) is 5.67. The van der Waals surface area contributed by atoms with Crippen LogP contribution in [0, 0.1) is 5.92 Å². The van der Waals surface area contributed by atoms with E-state index >= 15 is 0 Å². The molecular weight excluding hydrogens is 250 g/mol. The molecule has 0 spiro atoms. The number of nitrogens with zero attached hydrogens (tertiary/aromatic N) is 2. The molecule has 2 unspecified atom stereocenters. The normalized spacial score (nSPS) is 21.2. The fourth-order valence-electron chi connectivity index (χ4n) is 2.34. The number of aromatic nitrogens is 1. The largest absolute Gasteiger partial charge is 0.480 e. The molecule has 3 N–H and O–H groups in total. The predicted molar refractivity (Wildman–Crippen MR) is 71.9 cm³/mol. The Morgan fingerprint density at radius 1 is 1.78 bits per heavy atom. The molecule has 0 aliphatic carbocycles. The summed E-state index contributed by atoms with van der Waals surface area (Å²) in [7, 11) is 0. The Morgan fingerprint density at radius 3 is 3.22 bits per heavy atom. The number of hydrogen-bond donors (Lipinski definition) is 2. The lowest BCUT2D eigenvalue weighted by atomic mass is 10.0. The van der Waals surface area contributed by atoms with E-state index in [1.54, 1.807) is 5.38 Å². The van der Waals surface area contributed by atoms with Gasteiger partial charge in [0.2, 0.25) is 0 Å². The number of hydrogen-bond acceptors (Lipinski definition) is 5. The number of carboxylic acid groups (broad SMARTS) is 1. The van der Waals surface area contributed by atoms with Gasteiger partial charge in [0.25, 0.3) is 0 Å². The molecule has 0 bridgehead atoms. The van der Waals surface area contributed by atoms with Crippen LogP contribution in [0.4, 0.5) is 5.13 Å². The molecule has 2 heterocycles. The highest BCUT2D eigenvalue weighted by molar-refractivity contribution is 7.13. The molecule has 0 amide bonds. The summed E-state index contributed by atoms with van der Waals surface area (Å²) in [5.74, 6) is -0.285. The van der Waals surface area contributed by atoms with Gasteiger partial charge in [-0.05, 0) is 18.8 Å². The molecule has 2 rings (SSSR count). The van der Waals surface area contributed by atoms with Gasteiger partial charge in [0, 0.05) is 18.5 Å². The molecule has 6 heteroatoms. The first-order chi connectivity index (χ1) is 8.61. The third-order valence-electron chi connectivity index (χ3n) is 3.35. The number of thiazole rings is 1. The Balaban J connectivity index is 2.01. The van der Waals surface area contributed by atoms with Gasteiger partial charge in [-0.2, -0.15) is 0 Å². The summed E-state index contributed by atoms with van der Waals surface area (Å²) >= 11 is 1.48. The monoisotopic (exact) mass is 269 g/mol. The van der Waals surface area contributed by atoms with Crippen molar-refractivity contribution in [3.63, 3.8) is 0 Å². The quantitative estimate of drug-likeness (QED) is 0.853. The maximum absolute atomic E-state index is 10.8. The summed E-state index contributed by atoms with van der Waals surface area (Å²) in [5.41, 5.74) is 6.01. The van der Waals surface area contributed by atoms with E-state index in [0.29, 0.717) is 5.69 Å². The molecule has 1 aromatic heterocycles. The van der Waals surface area contributed by atoms with E-state index in [1.165, 1.54) is 30.6 Å². The molecule has 18 heavy (non-hydrogen) atoms. The number of rotatable bonds is 5. The average molecular weight is 269 g/mol. The van der Waals surface area contributed by atoms with Crippen LogP contribution < -0.4 is 10.6 Å². The van der Waals surface area contributed by atoms with Crippen LogP contribution in [-0.4, -0.2) is 29.1 Å². The molecule has 1 saturated heterocycles. The minimum Gasteiger partial charge on any atom is -0.480 e. The highest BCUT2D eigenvalue weighted by atomic mass is 32.1. The second-order valence-corrected chi connectivity index (χ2v) is 5.60. The highest BCUT2D eigenvalue weighted by Crippen LogP contribution is 2.30. The molecule has 0 aromatic carbocycles. The van der Waals surface area contributed by atoms with Crippen molar-refractivity contribution in [2.24, 2.45) is 11.7 Å². The van der Waals surface area contributed by atoms with E-state index in [4.69, 9.17) is 10.8 Å². The van der Waals surface area contributed by atoms with Crippen LogP contribution in [0.2, 0.25) is 0 Å². The van der Waals surface area contributed by atoms with E-state index in [2.05, 4.69) is 16.8 Å². The Kier molecular flexibility index (Phi) is 4.19. The first-order valence-electron chi connectivity index (χ1n) is 6.30. The Morgan fingerprint density at radius 2 is 2.56 bits per heavy atom.